The molecular formula is C13H14FN2O2S. The third-order valence-electron chi connectivity index (χ3n) is 2.75. The highest BCUT2D eigenvalue weighted by Gasteiger charge is 2.09. The van der Waals surface area contributed by atoms with Crippen LogP contribution in [0, 0.1) is 12.7 Å². The van der Waals surface area contributed by atoms with Crippen molar-refractivity contribution in [3.63, 3.8) is 0 Å². The molecule has 0 aliphatic heterocycles. The normalized spacial score (nSPS) is 11.7. The van der Waals surface area contributed by atoms with E-state index in [9.17, 15) is 12.8 Å². The summed E-state index contributed by atoms with van der Waals surface area (Å²) < 4.78 is 37.1. The van der Waals surface area contributed by atoms with E-state index in [2.05, 4.69) is 12.0 Å². The zero-order valence-corrected chi connectivity index (χ0v) is 11.3. The predicted octanol–water partition coefficient (Wildman–Crippen LogP) is 1.92. The first-order valence-electron chi connectivity index (χ1n) is 5.68. The lowest BCUT2D eigenvalue weighted by atomic mass is 10.0. The number of rotatable bonds is 4. The lowest BCUT2D eigenvalue weighted by molar-refractivity contribution is 0.586. The van der Waals surface area contributed by atoms with E-state index in [1.54, 1.807) is 24.5 Å². The molecule has 19 heavy (non-hydrogen) atoms. The summed E-state index contributed by atoms with van der Waals surface area (Å²) in [5.74, 6) is -0.351. The van der Waals surface area contributed by atoms with Crippen molar-refractivity contribution in [2.45, 2.75) is 6.54 Å². The van der Waals surface area contributed by atoms with Gasteiger partial charge in [-0.2, -0.15) is 5.10 Å². The molecule has 0 saturated carbocycles. The van der Waals surface area contributed by atoms with Crippen LogP contribution in [-0.2, 0) is 16.4 Å². The van der Waals surface area contributed by atoms with Gasteiger partial charge in [-0.3, -0.25) is 4.68 Å². The molecule has 0 spiro atoms. The highest BCUT2D eigenvalue weighted by atomic mass is 32.2. The smallest absolute Gasteiger partial charge is 0.149 e. The second-order valence-corrected chi connectivity index (χ2v) is 6.65. The second kappa shape index (κ2) is 5.13. The highest BCUT2D eigenvalue weighted by molar-refractivity contribution is 7.90. The molecule has 0 unspecified atom stereocenters. The summed E-state index contributed by atoms with van der Waals surface area (Å²) in [4.78, 5) is 0. The Bertz CT molecular complexity index is 692. The number of benzene rings is 1. The predicted molar refractivity (Wildman–Crippen MR) is 71.8 cm³/mol. The molecule has 1 aromatic carbocycles. The maximum atomic E-state index is 13.4. The van der Waals surface area contributed by atoms with Crippen LogP contribution in [0.2, 0.25) is 0 Å². The van der Waals surface area contributed by atoms with E-state index in [-0.39, 0.29) is 18.1 Å². The van der Waals surface area contributed by atoms with Gasteiger partial charge in [0.1, 0.15) is 15.7 Å². The van der Waals surface area contributed by atoms with Crippen LogP contribution in [-0.4, -0.2) is 30.2 Å². The van der Waals surface area contributed by atoms with Gasteiger partial charge in [0, 0.05) is 18.0 Å². The van der Waals surface area contributed by atoms with Gasteiger partial charge in [-0.25, -0.2) is 12.8 Å². The third-order valence-corrected chi connectivity index (χ3v) is 3.68. The van der Waals surface area contributed by atoms with Crippen LogP contribution in [0.3, 0.4) is 0 Å². The Balaban J connectivity index is 2.24. The van der Waals surface area contributed by atoms with Crippen LogP contribution < -0.4 is 0 Å². The lowest BCUT2D eigenvalue weighted by Gasteiger charge is -2.03. The van der Waals surface area contributed by atoms with Gasteiger partial charge in [0.15, 0.2) is 0 Å². The van der Waals surface area contributed by atoms with Crippen molar-refractivity contribution in [2.75, 3.05) is 12.0 Å². The Kier molecular flexibility index (Phi) is 3.71. The molecule has 1 heterocycles. The second-order valence-electron chi connectivity index (χ2n) is 4.39. The fourth-order valence-electron chi connectivity index (χ4n) is 1.71. The number of nitrogens with zero attached hydrogens (tertiary/aromatic N) is 2. The highest BCUT2D eigenvalue weighted by Crippen LogP contribution is 2.24. The molecule has 4 nitrogen and oxygen atoms in total. The first-order chi connectivity index (χ1) is 8.87. The number of hydrogen-bond donors (Lipinski definition) is 0. The van der Waals surface area contributed by atoms with Gasteiger partial charge in [0.2, 0.25) is 0 Å². The maximum absolute atomic E-state index is 13.4. The average Bonchev–Trinajstić information content (AvgIpc) is 2.78. The molecule has 1 aromatic heterocycles. The summed E-state index contributed by atoms with van der Waals surface area (Å²) in [5, 5.41) is 4.07. The van der Waals surface area contributed by atoms with Gasteiger partial charge in [0.05, 0.1) is 18.5 Å². The first kappa shape index (κ1) is 13.7. The summed E-state index contributed by atoms with van der Waals surface area (Å²) in [7, 11) is -3.03. The Morgan fingerprint density at radius 2 is 2.16 bits per heavy atom. The Morgan fingerprint density at radius 3 is 2.84 bits per heavy atom. The summed E-state index contributed by atoms with van der Waals surface area (Å²) in [5.41, 5.74) is 1.69. The third kappa shape index (κ3) is 3.41. The quantitative estimate of drug-likeness (QED) is 0.860. The molecule has 0 fully saturated rings. The Labute approximate surface area is 111 Å². The molecular weight excluding hydrogens is 267 g/mol. The number of hydrogen-bond acceptors (Lipinski definition) is 3. The van der Waals surface area contributed by atoms with Crippen molar-refractivity contribution in [2.24, 2.45) is 0 Å². The molecule has 0 amide bonds. The van der Waals surface area contributed by atoms with Crippen molar-refractivity contribution >= 4 is 9.84 Å². The van der Waals surface area contributed by atoms with Gasteiger partial charge in [-0.1, -0.05) is 12.1 Å². The first-order valence-corrected chi connectivity index (χ1v) is 7.74. The van der Waals surface area contributed by atoms with Crippen molar-refractivity contribution in [1.29, 1.82) is 0 Å². The van der Waals surface area contributed by atoms with Gasteiger partial charge in [0.25, 0.3) is 0 Å². The SMILES string of the molecule is [CH2]c1c(F)cccc1-c1cnn(CCS(C)(=O)=O)c1. The minimum Gasteiger partial charge on any atom is -0.271 e. The van der Waals surface area contributed by atoms with E-state index in [1.807, 2.05) is 0 Å². The zero-order valence-electron chi connectivity index (χ0n) is 10.5. The molecule has 0 N–H and O–H groups in total. The number of aromatic nitrogens is 2. The van der Waals surface area contributed by atoms with Gasteiger partial charge in [-0.15, -0.1) is 0 Å². The van der Waals surface area contributed by atoms with E-state index in [4.69, 9.17) is 0 Å². The minimum absolute atomic E-state index is 0.0223. The molecule has 0 aliphatic rings. The number of aryl methyl sites for hydroxylation is 1. The molecule has 2 aromatic rings. The molecule has 101 valence electrons. The lowest BCUT2D eigenvalue weighted by Crippen LogP contribution is -2.11. The molecule has 6 heteroatoms. The van der Waals surface area contributed by atoms with Gasteiger partial charge in [-0.05, 0) is 24.1 Å². The largest absolute Gasteiger partial charge is 0.271 e. The molecule has 0 bridgehead atoms. The summed E-state index contributed by atoms with van der Waals surface area (Å²) >= 11 is 0. The number of sulfone groups is 1. The van der Waals surface area contributed by atoms with E-state index < -0.39 is 9.84 Å². The fourth-order valence-corrected chi connectivity index (χ4v) is 2.23. The van der Waals surface area contributed by atoms with Crippen LogP contribution >= 0.6 is 0 Å². The average molecular weight is 281 g/mol. The van der Waals surface area contributed by atoms with Crippen molar-refractivity contribution in [3.05, 3.63) is 48.9 Å². The van der Waals surface area contributed by atoms with Crippen LogP contribution in [0.5, 0.6) is 0 Å². The Morgan fingerprint density at radius 1 is 1.42 bits per heavy atom. The van der Waals surface area contributed by atoms with Crippen molar-refractivity contribution < 1.29 is 12.8 Å². The minimum atomic E-state index is -3.03. The van der Waals surface area contributed by atoms with E-state index in [0.29, 0.717) is 11.1 Å². The Hall–Kier alpha value is -1.69. The van der Waals surface area contributed by atoms with Crippen LogP contribution in [0.1, 0.15) is 5.56 Å². The van der Waals surface area contributed by atoms with Crippen molar-refractivity contribution in [3.8, 4) is 11.1 Å². The van der Waals surface area contributed by atoms with E-state index in [1.165, 1.54) is 17.0 Å². The maximum Gasteiger partial charge on any atom is 0.149 e. The standard InChI is InChI=1S/C13H14FN2O2S/c1-10-12(4-3-5-13(10)14)11-8-15-16(9-11)6-7-19(2,17)18/h3-5,8-9H,1,6-7H2,2H3. The molecule has 2 rings (SSSR count). The van der Waals surface area contributed by atoms with E-state index in [0.717, 1.165) is 5.56 Å². The monoisotopic (exact) mass is 281 g/mol. The topological polar surface area (TPSA) is 52.0 Å². The van der Waals surface area contributed by atoms with E-state index >= 15 is 0 Å². The summed E-state index contributed by atoms with van der Waals surface area (Å²) in [6.07, 6.45) is 4.44. The summed E-state index contributed by atoms with van der Waals surface area (Å²) in [6, 6.07) is 4.70. The van der Waals surface area contributed by atoms with Crippen LogP contribution in [0.15, 0.2) is 30.6 Å². The number of halogens is 1. The molecule has 0 saturated heterocycles. The molecule has 1 radical (unpaired) electrons. The molecule has 0 atom stereocenters. The van der Waals surface area contributed by atoms with Crippen molar-refractivity contribution in [1.82, 2.24) is 9.78 Å². The van der Waals surface area contributed by atoms with Crippen LogP contribution in [0.25, 0.3) is 11.1 Å². The fraction of sp³-hybridized carbons (Fsp3) is 0.231. The summed E-state index contributed by atoms with van der Waals surface area (Å²) in [6.45, 7) is 3.96. The zero-order chi connectivity index (χ0) is 14.0. The van der Waals surface area contributed by atoms with Gasteiger partial charge >= 0.3 is 0 Å². The molecule has 0 aliphatic carbocycles. The van der Waals surface area contributed by atoms with Gasteiger partial charge < -0.3 is 0 Å². The van der Waals surface area contributed by atoms with Crippen LogP contribution in [0.4, 0.5) is 4.39 Å².